The van der Waals surface area contributed by atoms with Gasteiger partial charge in [-0.1, -0.05) is 0 Å². The number of carbonyl (C=O) groups excluding carboxylic acids is 2. The number of benzene rings is 1. The largest absolute Gasteiger partial charge is 0.375 e. The van der Waals surface area contributed by atoms with Crippen LogP contribution in [0.1, 0.15) is 50.4 Å². The van der Waals surface area contributed by atoms with E-state index in [0.29, 0.717) is 16.5 Å². The summed E-state index contributed by atoms with van der Waals surface area (Å²) in [5.41, 5.74) is 2.16. The number of piperazine rings is 1. The average Bonchev–Trinajstić information content (AvgIpc) is 3.25. The molecule has 1 saturated heterocycles. The minimum absolute atomic E-state index is 0.205. The molecule has 1 aromatic carbocycles. The summed E-state index contributed by atoms with van der Waals surface area (Å²) in [6, 6.07) is 9.17. The Morgan fingerprint density at radius 2 is 1.90 bits per heavy atom. The first-order valence-corrected chi connectivity index (χ1v) is 14.0. The standard InChI is InChI=1S/C30H40F2N6O2/c1-29(2,3)38-14-12-37(13-15-38)11-5-10-36(4)22-6-7-26-24(16-22)23(8-9-34-26)28(40)35-20-27(39)25-18-30(31,32)17-21(25)19-33/h6-9,16,21,25H,5,10-15,17-18,20H2,1-4H3,(H,35,40)/t21-,25?/m0/s1. The molecular formula is C30H40F2N6O2. The molecule has 0 spiro atoms. The van der Waals surface area contributed by atoms with Gasteiger partial charge in [0, 0.05) is 81.3 Å². The minimum atomic E-state index is -3.03. The van der Waals surface area contributed by atoms with Gasteiger partial charge >= 0.3 is 0 Å². The molecule has 1 unspecified atom stereocenters. The van der Waals surface area contributed by atoms with Crippen molar-refractivity contribution in [3.8, 4) is 6.07 Å². The molecule has 8 nitrogen and oxygen atoms in total. The van der Waals surface area contributed by atoms with Crippen LogP contribution >= 0.6 is 0 Å². The van der Waals surface area contributed by atoms with E-state index >= 15 is 0 Å². The highest BCUT2D eigenvalue weighted by Crippen LogP contribution is 2.43. The van der Waals surface area contributed by atoms with E-state index in [1.54, 1.807) is 6.07 Å². The molecule has 1 aliphatic carbocycles. The molecule has 1 saturated carbocycles. The maximum absolute atomic E-state index is 13.8. The summed E-state index contributed by atoms with van der Waals surface area (Å²) >= 11 is 0. The van der Waals surface area contributed by atoms with Crippen LogP contribution in [-0.4, -0.2) is 90.8 Å². The van der Waals surface area contributed by atoms with Gasteiger partial charge in [0.25, 0.3) is 5.91 Å². The summed E-state index contributed by atoms with van der Waals surface area (Å²) in [6.07, 6.45) is 1.27. The van der Waals surface area contributed by atoms with Gasteiger partial charge in [-0.3, -0.25) is 19.5 Å². The van der Waals surface area contributed by atoms with Gasteiger partial charge in [-0.15, -0.1) is 0 Å². The molecule has 2 aromatic rings. The third-order valence-electron chi connectivity index (χ3n) is 8.22. The molecule has 1 amide bonds. The van der Waals surface area contributed by atoms with E-state index in [1.165, 1.54) is 6.20 Å². The molecule has 1 N–H and O–H groups in total. The summed E-state index contributed by atoms with van der Waals surface area (Å²) in [5.74, 6) is -6.16. The first kappa shape index (κ1) is 29.8. The summed E-state index contributed by atoms with van der Waals surface area (Å²) in [6.45, 7) is 12.6. The van der Waals surface area contributed by atoms with Crippen molar-refractivity contribution >= 4 is 28.3 Å². The number of fused-ring (bicyclic) bond motifs is 1. The highest BCUT2D eigenvalue weighted by atomic mass is 19.3. The molecule has 4 rings (SSSR count). The van der Waals surface area contributed by atoms with Gasteiger partial charge in [0.15, 0.2) is 5.78 Å². The number of ketones is 1. The van der Waals surface area contributed by atoms with Gasteiger partial charge in [-0.05, 0) is 58.0 Å². The lowest BCUT2D eigenvalue weighted by Gasteiger charge is -2.42. The summed E-state index contributed by atoms with van der Waals surface area (Å²) < 4.78 is 27.5. The van der Waals surface area contributed by atoms with E-state index in [4.69, 9.17) is 0 Å². The summed E-state index contributed by atoms with van der Waals surface area (Å²) in [7, 11) is 2.02. The Labute approximate surface area is 235 Å². The van der Waals surface area contributed by atoms with Crippen molar-refractivity contribution in [1.29, 1.82) is 5.26 Å². The molecule has 216 valence electrons. The Balaban J connectivity index is 1.34. The van der Waals surface area contributed by atoms with E-state index in [1.807, 2.05) is 31.3 Å². The molecular weight excluding hydrogens is 514 g/mol. The molecule has 2 heterocycles. The van der Waals surface area contributed by atoms with Gasteiger partial charge in [0.05, 0.1) is 29.6 Å². The second-order valence-corrected chi connectivity index (χ2v) is 12.1. The molecule has 10 heteroatoms. The lowest BCUT2D eigenvalue weighted by atomic mass is 9.93. The summed E-state index contributed by atoms with van der Waals surface area (Å²) in [5, 5.41) is 12.4. The second-order valence-electron chi connectivity index (χ2n) is 12.1. The number of alkyl halides is 2. The van der Waals surface area contributed by atoms with Crippen LogP contribution in [0.15, 0.2) is 30.5 Å². The Kier molecular flexibility index (Phi) is 9.06. The normalized spacial score (nSPS) is 21.7. The second kappa shape index (κ2) is 12.1. The number of pyridine rings is 1. The van der Waals surface area contributed by atoms with Crippen LogP contribution in [0, 0.1) is 23.2 Å². The Hall–Kier alpha value is -3.16. The van der Waals surface area contributed by atoms with Crippen LogP contribution in [0.25, 0.3) is 10.9 Å². The van der Waals surface area contributed by atoms with Gasteiger partial charge < -0.3 is 15.1 Å². The monoisotopic (exact) mass is 554 g/mol. The van der Waals surface area contributed by atoms with E-state index in [0.717, 1.165) is 51.4 Å². The van der Waals surface area contributed by atoms with Crippen LogP contribution in [-0.2, 0) is 4.79 Å². The van der Waals surface area contributed by atoms with Gasteiger partial charge in [0.2, 0.25) is 5.92 Å². The number of rotatable bonds is 9. The Morgan fingerprint density at radius 3 is 2.58 bits per heavy atom. The molecule has 0 bridgehead atoms. The quantitative estimate of drug-likeness (QED) is 0.502. The maximum atomic E-state index is 13.8. The molecule has 1 aromatic heterocycles. The van der Waals surface area contributed by atoms with Crippen molar-refractivity contribution in [2.75, 3.05) is 57.8 Å². The zero-order valence-electron chi connectivity index (χ0n) is 23.9. The van der Waals surface area contributed by atoms with E-state index in [-0.39, 0.29) is 5.54 Å². The fraction of sp³-hybridized carbons (Fsp3) is 0.600. The van der Waals surface area contributed by atoms with Crippen LogP contribution < -0.4 is 10.2 Å². The van der Waals surface area contributed by atoms with Crippen LogP contribution in [0.5, 0.6) is 0 Å². The van der Waals surface area contributed by atoms with Crippen molar-refractivity contribution in [2.45, 2.75) is 51.5 Å². The predicted molar refractivity (Wildman–Crippen MR) is 152 cm³/mol. The van der Waals surface area contributed by atoms with Crippen molar-refractivity contribution in [3.05, 3.63) is 36.0 Å². The number of hydrogen-bond acceptors (Lipinski definition) is 7. The van der Waals surface area contributed by atoms with Crippen molar-refractivity contribution in [1.82, 2.24) is 20.1 Å². The van der Waals surface area contributed by atoms with Crippen LogP contribution in [0.4, 0.5) is 14.5 Å². The summed E-state index contributed by atoms with van der Waals surface area (Å²) in [4.78, 5) is 37.2. The number of amides is 1. The Bertz CT molecular complexity index is 1260. The smallest absolute Gasteiger partial charge is 0.252 e. The molecule has 2 fully saturated rings. The van der Waals surface area contributed by atoms with Crippen molar-refractivity contribution in [2.24, 2.45) is 11.8 Å². The SMILES string of the molecule is CN(CCCN1CCN(C(C)(C)C)CC1)c1ccc2nccc(C(=O)NCC(=O)C3CC(F)(F)C[C@H]3C#N)c2c1. The lowest BCUT2D eigenvalue weighted by Crippen LogP contribution is -2.53. The topological polar surface area (TPSA) is 92.6 Å². The highest BCUT2D eigenvalue weighted by Gasteiger charge is 2.49. The Morgan fingerprint density at radius 1 is 1.18 bits per heavy atom. The van der Waals surface area contributed by atoms with Gasteiger partial charge in [0.1, 0.15) is 0 Å². The number of carbonyl (C=O) groups is 2. The van der Waals surface area contributed by atoms with Crippen molar-refractivity contribution in [3.63, 3.8) is 0 Å². The van der Waals surface area contributed by atoms with E-state index < -0.39 is 48.8 Å². The van der Waals surface area contributed by atoms with Crippen molar-refractivity contribution < 1.29 is 18.4 Å². The maximum Gasteiger partial charge on any atom is 0.252 e. The van der Waals surface area contributed by atoms with E-state index in [9.17, 15) is 23.6 Å². The number of aromatic nitrogens is 1. The number of hydrogen-bond donors (Lipinski definition) is 1. The number of nitriles is 1. The fourth-order valence-electron chi connectivity index (χ4n) is 5.75. The first-order valence-electron chi connectivity index (χ1n) is 14.0. The highest BCUT2D eigenvalue weighted by molar-refractivity contribution is 6.07. The average molecular weight is 555 g/mol. The number of anilines is 1. The third kappa shape index (κ3) is 7.12. The minimum Gasteiger partial charge on any atom is -0.375 e. The lowest BCUT2D eigenvalue weighted by molar-refractivity contribution is -0.123. The molecule has 0 radical (unpaired) electrons. The number of nitrogens with one attached hydrogen (secondary N) is 1. The molecule has 40 heavy (non-hydrogen) atoms. The zero-order chi connectivity index (χ0) is 29.1. The first-order chi connectivity index (χ1) is 18.9. The molecule has 2 atom stereocenters. The zero-order valence-corrected chi connectivity index (χ0v) is 23.9. The van der Waals surface area contributed by atoms with Gasteiger partial charge in [-0.2, -0.15) is 5.26 Å². The number of Topliss-reactive ketones (excluding diaryl/α,β-unsaturated/α-hetero) is 1. The number of halogens is 2. The van der Waals surface area contributed by atoms with Gasteiger partial charge in [-0.25, -0.2) is 8.78 Å². The third-order valence-corrected chi connectivity index (χ3v) is 8.22. The molecule has 2 aliphatic rings. The van der Waals surface area contributed by atoms with Crippen LogP contribution in [0.3, 0.4) is 0 Å². The van der Waals surface area contributed by atoms with E-state index in [2.05, 4.69) is 45.8 Å². The van der Waals surface area contributed by atoms with Crippen LogP contribution in [0.2, 0.25) is 0 Å². The fourth-order valence-corrected chi connectivity index (χ4v) is 5.75. The predicted octanol–water partition coefficient (Wildman–Crippen LogP) is 3.96. The molecule has 1 aliphatic heterocycles. The number of nitrogens with zero attached hydrogens (tertiary/aromatic N) is 5.